The minimum atomic E-state index is 0.0183. The largest absolute Gasteiger partial charge is 0.311 e. The van der Waals surface area contributed by atoms with E-state index in [1.807, 2.05) is 11.3 Å². The molecule has 0 amide bonds. The highest BCUT2D eigenvalue weighted by atomic mass is 32.1. The van der Waals surface area contributed by atoms with Gasteiger partial charge in [-0.1, -0.05) is 129 Å². The lowest BCUT2D eigenvalue weighted by Gasteiger charge is -2.26. The summed E-state index contributed by atoms with van der Waals surface area (Å²) in [5.41, 5.74) is 13.9. The lowest BCUT2D eigenvalue weighted by molar-refractivity contribution is 0.660. The van der Waals surface area contributed by atoms with E-state index in [9.17, 15) is 0 Å². The van der Waals surface area contributed by atoms with Gasteiger partial charge in [-0.25, -0.2) is 0 Å². The Balaban J connectivity index is 1.08. The van der Waals surface area contributed by atoms with Crippen molar-refractivity contribution in [2.24, 2.45) is 0 Å². The highest BCUT2D eigenvalue weighted by Crippen LogP contribution is 2.49. The Morgan fingerprint density at radius 2 is 1.00 bits per heavy atom. The molecule has 1 nitrogen and oxygen atoms in total. The molecule has 0 N–H and O–H groups in total. The van der Waals surface area contributed by atoms with E-state index in [4.69, 9.17) is 0 Å². The van der Waals surface area contributed by atoms with Crippen molar-refractivity contribution in [3.8, 4) is 33.4 Å². The van der Waals surface area contributed by atoms with Crippen molar-refractivity contribution < 1.29 is 0 Å². The molecule has 1 aromatic heterocycles. The molecule has 0 spiro atoms. The first kappa shape index (κ1) is 27.8. The molecule has 2 heteroatoms. The third-order valence-electron chi connectivity index (χ3n) is 9.90. The van der Waals surface area contributed by atoms with Crippen LogP contribution in [0.2, 0.25) is 0 Å². The SMILES string of the molecule is CC1(C)c2ccccc2-c2cc(-c3ccc(N(c4ccccc4)c4ccc(-c5cccc6c5sc5ccccc56)cc4)cc3)ccc21. The van der Waals surface area contributed by atoms with E-state index >= 15 is 0 Å². The normalized spacial score (nSPS) is 13.1. The number of fused-ring (bicyclic) bond motifs is 6. The molecule has 7 aromatic carbocycles. The molecule has 47 heavy (non-hydrogen) atoms. The van der Waals surface area contributed by atoms with Gasteiger partial charge in [-0.3, -0.25) is 0 Å². The Morgan fingerprint density at radius 1 is 0.426 bits per heavy atom. The summed E-state index contributed by atoms with van der Waals surface area (Å²) in [5.74, 6) is 0. The average molecular weight is 620 g/mol. The highest BCUT2D eigenvalue weighted by molar-refractivity contribution is 7.26. The van der Waals surface area contributed by atoms with E-state index in [0.29, 0.717) is 0 Å². The maximum atomic E-state index is 2.38. The standard InChI is InChI=1S/C45H33NS/c1-45(2)41-17-8-6-13-37(41)40-29-32(23-28-42(40)45)30-19-24-34(25-20-30)46(33-11-4-3-5-12-33)35-26-21-31(22-27-35)36-15-10-16-39-38-14-7-9-18-43(38)47-44(36)39/h3-29H,1-2H3. The minimum absolute atomic E-state index is 0.0183. The van der Waals surface area contributed by atoms with Gasteiger partial charge in [-0.05, 0) is 93.0 Å². The van der Waals surface area contributed by atoms with Crippen LogP contribution < -0.4 is 4.90 Å². The molecular weight excluding hydrogens is 587 g/mol. The van der Waals surface area contributed by atoms with Crippen LogP contribution in [0, 0.1) is 0 Å². The second-order valence-electron chi connectivity index (χ2n) is 13.0. The fraction of sp³-hybridized carbons (Fsp3) is 0.0667. The molecule has 1 aliphatic carbocycles. The lowest BCUT2D eigenvalue weighted by Crippen LogP contribution is -2.14. The van der Waals surface area contributed by atoms with E-state index in [0.717, 1.165) is 17.1 Å². The van der Waals surface area contributed by atoms with Crippen LogP contribution in [-0.4, -0.2) is 0 Å². The second kappa shape index (κ2) is 10.8. The van der Waals surface area contributed by atoms with Gasteiger partial charge >= 0.3 is 0 Å². The molecule has 1 aliphatic rings. The summed E-state index contributed by atoms with van der Waals surface area (Å²) in [4.78, 5) is 2.34. The number of anilines is 3. The Hall–Kier alpha value is -5.44. The number of thiophene rings is 1. The van der Waals surface area contributed by atoms with Crippen LogP contribution in [0.1, 0.15) is 25.0 Å². The number of nitrogens with zero attached hydrogens (tertiary/aromatic N) is 1. The zero-order chi connectivity index (χ0) is 31.5. The summed E-state index contributed by atoms with van der Waals surface area (Å²) in [6.45, 7) is 4.67. The molecule has 1 heterocycles. The van der Waals surface area contributed by atoms with Crippen molar-refractivity contribution in [1.29, 1.82) is 0 Å². The zero-order valence-corrected chi connectivity index (χ0v) is 27.3. The van der Waals surface area contributed by atoms with E-state index in [-0.39, 0.29) is 5.41 Å². The predicted molar refractivity (Wildman–Crippen MR) is 202 cm³/mol. The first-order valence-corrected chi connectivity index (χ1v) is 17.1. The van der Waals surface area contributed by atoms with Crippen molar-refractivity contribution in [2.45, 2.75) is 19.3 Å². The molecule has 0 unspecified atom stereocenters. The van der Waals surface area contributed by atoms with Crippen molar-refractivity contribution in [1.82, 2.24) is 0 Å². The summed E-state index contributed by atoms with van der Waals surface area (Å²) in [6.07, 6.45) is 0. The fourth-order valence-electron chi connectivity index (χ4n) is 7.49. The minimum Gasteiger partial charge on any atom is -0.311 e. The molecule has 0 saturated heterocycles. The van der Waals surface area contributed by atoms with Crippen molar-refractivity contribution in [2.75, 3.05) is 4.90 Å². The van der Waals surface area contributed by atoms with Crippen molar-refractivity contribution in [3.05, 3.63) is 175 Å². The van der Waals surface area contributed by atoms with Crippen molar-refractivity contribution in [3.63, 3.8) is 0 Å². The number of hydrogen-bond donors (Lipinski definition) is 0. The van der Waals surface area contributed by atoms with Crippen LogP contribution >= 0.6 is 11.3 Å². The van der Waals surface area contributed by atoms with Gasteiger partial charge in [0.05, 0.1) is 0 Å². The molecule has 0 bridgehead atoms. The Kier molecular flexibility index (Phi) is 6.41. The topological polar surface area (TPSA) is 3.24 Å². The number of para-hydroxylation sites is 1. The van der Waals surface area contributed by atoms with Gasteiger partial charge in [0.15, 0.2) is 0 Å². The van der Waals surface area contributed by atoms with Gasteiger partial charge in [-0.15, -0.1) is 11.3 Å². The zero-order valence-electron chi connectivity index (χ0n) is 26.4. The highest BCUT2D eigenvalue weighted by Gasteiger charge is 2.35. The Morgan fingerprint density at radius 3 is 1.79 bits per heavy atom. The van der Waals surface area contributed by atoms with Crippen LogP contribution in [0.5, 0.6) is 0 Å². The van der Waals surface area contributed by atoms with Crippen molar-refractivity contribution >= 4 is 48.6 Å². The molecule has 0 radical (unpaired) electrons. The first-order chi connectivity index (χ1) is 23.1. The Bertz CT molecular complexity index is 2410. The monoisotopic (exact) mass is 619 g/mol. The molecule has 8 aromatic rings. The molecule has 9 rings (SSSR count). The third-order valence-corrected chi connectivity index (χ3v) is 11.1. The molecular formula is C45H33NS. The van der Waals surface area contributed by atoms with Gasteiger partial charge in [-0.2, -0.15) is 0 Å². The summed E-state index contributed by atoms with van der Waals surface area (Å²) < 4.78 is 2.68. The molecule has 0 aliphatic heterocycles. The number of hydrogen-bond acceptors (Lipinski definition) is 2. The van der Waals surface area contributed by atoms with E-state index in [1.54, 1.807) is 0 Å². The predicted octanol–water partition coefficient (Wildman–Crippen LogP) is 13.2. The van der Waals surface area contributed by atoms with Gasteiger partial charge in [0.2, 0.25) is 0 Å². The number of rotatable bonds is 5. The summed E-state index contributed by atoms with van der Waals surface area (Å²) in [5, 5.41) is 2.66. The van der Waals surface area contributed by atoms with E-state index in [2.05, 4.69) is 183 Å². The molecule has 0 atom stereocenters. The second-order valence-corrected chi connectivity index (χ2v) is 14.0. The summed E-state index contributed by atoms with van der Waals surface area (Å²) >= 11 is 1.88. The van der Waals surface area contributed by atoms with E-state index in [1.165, 1.54) is 64.7 Å². The van der Waals surface area contributed by atoms with Gasteiger partial charge in [0.1, 0.15) is 0 Å². The summed E-state index contributed by atoms with van der Waals surface area (Å²) in [7, 11) is 0. The van der Waals surface area contributed by atoms with Gasteiger partial charge < -0.3 is 4.90 Å². The maximum absolute atomic E-state index is 2.38. The van der Waals surface area contributed by atoms with Crippen LogP contribution in [0.15, 0.2) is 164 Å². The first-order valence-electron chi connectivity index (χ1n) is 16.3. The Labute approximate surface area is 280 Å². The van der Waals surface area contributed by atoms with Crippen LogP contribution in [0.25, 0.3) is 53.6 Å². The quantitative estimate of drug-likeness (QED) is 0.185. The van der Waals surface area contributed by atoms with E-state index < -0.39 is 0 Å². The summed E-state index contributed by atoms with van der Waals surface area (Å²) in [6, 6.07) is 59.9. The smallest absolute Gasteiger partial charge is 0.0462 e. The van der Waals surface area contributed by atoms with Crippen LogP contribution in [-0.2, 0) is 5.41 Å². The average Bonchev–Trinajstić information content (AvgIpc) is 3.62. The number of benzene rings is 7. The molecule has 224 valence electrons. The molecule has 0 saturated carbocycles. The lowest BCUT2D eigenvalue weighted by atomic mass is 9.82. The van der Waals surface area contributed by atoms with Gasteiger partial charge in [0, 0.05) is 42.6 Å². The fourth-order valence-corrected chi connectivity index (χ4v) is 8.73. The van der Waals surface area contributed by atoms with Crippen LogP contribution in [0.3, 0.4) is 0 Å². The molecule has 0 fully saturated rings. The van der Waals surface area contributed by atoms with Gasteiger partial charge in [0.25, 0.3) is 0 Å². The third kappa shape index (κ3) is 4.52. The maximum Gasteiger partial charge on any atom is 0.0462 e. The van der Waals surface area contributed by atoms with Crippen LogP contribution in [0.4, 0.5) is 17.1 Å².